The highest BCUT2D eigenvalue weighted by Crippen LogP contribution is 2.22. The molecular formula is C27H31N5O. The second-order valence-corrected chi connectivity index (χ2v) is 8.75. The average molecular weight is 442 g/mol. The average Bonchev–Trinajstić information content (AvgIpc) is 3.40. The summed E-state index contributed by atoms with van der Waals surface area (Å²) in [6, 6.07) is 13.2. The van der Waals surface area contributed by atoms with Gasteiger partial charge in [0.25, 0.3) is 0 Å². The Kier molecular flexibility index (Phi) is 7.54. The number of benzene rings is 1. The number of anilines is 2. The lowest BCUT2D eigenvalue weighted by molar-refractivity contribution is -0.117. The van der Waals surface area contributed by atoms with Crippen LogP contribution in [0.5, 0.6) is 0 Å². The molecule has 33 heavy (non-hydrogen) atoms. The number of pyridine rings is 1. The van der Waals surface area contributed by atoms with Crippen LogP contribution in [0.4, 0.5) is 11.5 Å². The van der Waals surface area contributed by atoms with Crippen molar-refractivity contribution in [2.24, 2.45) is 0 Å². The third kappa shape index (κ3) is 5.88. The minimum absolute atomic E-state index is 0.110. The maximum Gasteiger partial charge on any atom is 0.247 e. The molecule has 0 bridgehead atoms. The van der Waals surface area contributed by atoms with E-state index < -0.39 is 6.04 Å². The van der Waals surface area contributed by atoms with Crippen molar-refractivity contribution in [3.8, 4) is 6.07 Å². The Labute approximate surface area is 196 Å². The second kappa shape index (κ2) is 10.9. The van der Waals surface area contributed by atoms with Crippen LogP contribution < -0.4 is 15.5 Å². The van der Waals surface area contributed by atoms with E-state index in [0.717, 1.165) is 42.8 Å². The lowest BCUT2D eigenvalue weighted by Gasteiger charge is -2.23. The minimum atomic E-state index is -0.456. The Morgan fingerprint density at radius 3 is 2.58 bits per heavy atom. The third-order valence-corrected chi connectivity index (χ3v) is 6.33. The fourth-order valence-electron chi connectivity index (χ4n) is 4.33. The molecule has 0 saturated carbocycles. The number of hydrogen-bond acceptors (Lipinski definition) is 5. The largest absolute Gasteiger partial charge is 0.370 e. The highest BCUT2D eigenvalue weighted by Gasteiger charge is 2.23. The molecular weight excluding hydrogens is 410 g/mol. The Bertz CT molecular complexity index is 1040. The van der Waals surface area contributed by atoms with Gasteiger partial charge in [0.05, 0.1) is 23.5 Å². The first kappa shape index (κ1) is 22.8. The first-order valence-corrected chi connectivity index (χ1v) is 11.8. The van der Waals surface area contributed by atoms with Crippen molar-refractivity contribution in [2.45, 2.75) is 44.6 Å². The lowest BCUT2D eigenvalue weighted by atomic mass is 9.96. The zero-order chi connectivity index (χ0) is 23.0. The van der Waals surface area contributed by atoms with Gasteiger partial charge in [-0.3, -0.25) is 4.79 Å². The number of hydrogen-bond donors (Lipinski definition) is 2. The van der Waals surface area contributed by atoms with Crippen LogP contribution in [0.15, 0.2) is 66.4 Å². The van der Waals surface area contributed by atoms with Gasteiger partial charge < -0.3 is 15.5 Å². The van der Waals surface area contributed by atoms with Gasteiger partial charge in [-0.25, -0.2) is 4.98 Å². The molecule has 2 N–H and O–H groups in total. The van der Waals surface area contributed by atoms with E-state index in [1.54, 1.807) is 0 Å². The predicted molar refractivity (Wildman–Crippen MR) is 132 cm³/mol. The third-order valence-electron chi connectivity index (χ3n) is 6.33. The molecule has 2 aliphatic rings. The maximum atomic E-state index is 13.3. The van der Waals surface area contributed by atoms with Gasteiger partial charge in [-0.1, -0.05) is 37.3 Å². The van der Waals surface area contributed by atoms with Crippen molar-refractivity contribution >= 4 is 17.4 Å². The molecule has 2 unspecified atom stereocenters. The van der Waals surface area contributed by atoms with Gasteiger partial charge in [0.15, 0.2) is 0 Å². The van der Waals surface area contributed by atoms with Crippen LogP contribution in [0.1, 0.15) is 49.7 Å². The van der Waals surface area contributed by atoms with E-state index in [4.69, 9.17) is 5.26 Å². The molecule has 1 amide bonds. The van der Waals surface area contributed by atoms with E-state index >= 15 is 0 Å². The fraction of sp³-hybridized carbons (Fsp3) is 0.370. The molecule has 1 fully saturated rings. The zero-order valence-corrected chi connectivity index (χ0v) is 19.1. The fourth-order valence-corrected chi connectivity index (χ4v) is 4.33. The van der Waals surface area contributed by atoms with Gasteiger partial charge in [0, 0.05) is 19.6 Å². The molecule has 1 aliphatic heterocycles. The topological polar surface area (TPSA) is 81.1 Å². The van der Waals surface area contributed by atoms with Gasteiger partial charge in [-0.05, 0) is 67.0 Å². The quantitative estimate of drug-likeness (QED) is 0.629. The number of nitriles is 1. The monoisotopic (exact) mass is 441 g/mol. The number of carbonyl (C=O) groups is 1. The molecule has 1 aromatic carbocycles. The number of rotatable bonds is 8. The van der Waals surface area contributed by atoms with Crippen LogP contribution in [0.25, 0.3) is 0 Å². The molecule has 2 aromatic rings. The molecule has 4 rings (SSSR count). The maximum absolute atomic E-state index is 13.3. The molecule has 0 radical (unpaired) electrons. The van der Waals surface area contributed by atoms with Crippen LogP contribution in [0.3, 0.4) is 0 Å². The molecule has 2 heterocycles. The standard InChI is InChI=1S/C27H31N5O/c1-20(22-11-9-21(17-28)10-12-22)18-30-26(23-7-3-2-4-8-23)27(33)31-25-14-13-24(19-29-25)32-15-5-6-16-32/h3,7-14,19-20,26,30H,2,4-6,15-16,18H2,1H3,(H,29,31,33). The summed E-state index contributed by atoms with van der Waals surface area (Å²) in [4.78, 5) is 20.1. The number of amides is 1. The van der Waals surface area contributed by atoms with Crippen molar-refractivity contribution < 1.29 is 4.79 Å². The number of allylic oxidation sites excluding steroid dienone is 2. The molecule has 0 spiro atoms. The van der Waals surface area contributed by atoms with E-state index in [-0.39, 0.29) is 11.8 Å². The van der Waals surface area contributed by atoms with Crippen LogP contribution in [0.2, 0.25) is 0 Å². The Balaban J connectivity index is 1.42. The number of nitrogens with one attached hydrogen (secondary N) is 2. The van der Waals surface area contributed by atoms with Crippen LogP contribution in [-0.4, -0.2) is 36.6 Å². The van der Waals surface area contributed by atoms with Gasteiger partial charge in [0.1, 0.15) is 11.9 Å². The molecule has 170 valence electrons. The molecule has 6 nitrogen and oxygen atoms in total. The summed E-state index contributed by atoms with van der Waals surface area (Å²) in [5.41, 5.74) is 3.87. The summed E-state index contributed by atoms with van der Waals surface area (Å²) in [5.74, 6) is 0.649. The van der Waals surface area contributed by atoms with E-state index in [1.165, 1.54) is 12.8 Å². The van der Waals surface area contributed by atoms with Crippen molar-refractivity contribution in [3.63, 3.8) is 0 Å². The van der Waals surface area contributed by atoms with Gasteiger partial charge >= 0.3 is 0 Å². The van der Waals surface area contributed by atoms with Gasteiger partial charge in [-0.2, -0.15) is 5.26 Å². The SMILES string of the molecule is CC(CNC(C(=O)Nc1ccc(N2CCCC2)cn1)C1=CCCC=C1)c1ccc(C#N)cc1. The number of nitrogens with zero attached hydrogens (tertiary/aromatic N) is 3. The summed E-state index contributed by atoms with van der Waals surface area (Å²) >= 11 is 0. The first-order valence-electron chi connectivity index (χ1n) is 11.8. The Morgan fingerprint density at radius 1 is 1.15 bits per heavy atom. The van der Waals surface area contributed by atoms with Crippen LogP contribution in [-0.2, 0) is 4.79 Å². The smallest absolute Gasteiger partial charge is 0.247 e. The minimum Gasteiger partial charge on any atom is -0.370 e. The van der Waals surface area contributed by atoms with E-state index in [9.17, 15) is 4.79 Å². The van der Waals surface area contributed by atoms with Crippen molar-refractivity contribution in [1.82, 2.24) is 10.3 Å². The highest BCUT2D eigenvalue weighted by atomic mass is 16.2. The van der Waals surface area contributed by atoms with Crippen LogP contribution >= 0.6 is 0 Å². The summed E-state index contributed by atoms with van der Waals surface area (Å²) in [6.07, 6.45) is 12.5. The molecule has 6 heteroatoms. The van der Waals surface area contributed by atoms with Crippen molar-refractivity contribution in [1.29, 1.82) is 5.26 Å². The predicted octanol–water partition coefficient (Wildman–Crippen LogP) is 4.53. The van der Waals surface area contributed by atoms with Gasteiger partial charge in [-0.15, -0.1) is 0 Å². The lowest BCUT2D eigenvalue weighted by Crippen LogP contribution is -2.43. The Morgan fingerprint density at radius 2 is 1.94 bits per heavy atom. The molecule has 1 aliphatic carbocycles. The number of carbonyl (C=O) groups excluding carboxylic acids is 1. The summed E-state index contributed by atoms with van der Waals surface area (Å²) in [7, 11) is 0. The summed E-state index contributed by atoms with van der Waals surface area (Å²) < 4.78 is 0. The zero-order valence-electron chi connectivity index (χ0n) is 19.1. The van der Waals surface area contributed by atoms with Crippen LogP contribution in [0, 0.1) is 11.3 Å². The second-order valence-electron chi connectivity index (χ2n) is 8.75. The van der Waals surface area contributed by atoms with E-state index in [2.05, 4.69) is 45.7 Å². The molecule has 2 atom stereocenters. The van der Waals surface area contributed by atoms with E-state index in [1.807, 2.05) is 48.7 Å². The molecule has 1 saturated heterocycles. The first-order chi connectivity index (χ1) is 16.1. The van der Waals surface area contributed by atoms with Crippen molar-refractivity contribution in [3.05, 3.63) is 77.5 Å². The summed E-state index contributed by atoms with van der Waals surface area (Å²) in [6.45, 7) is 4.89. The molecule has 1 aromatic heterocycles. The summed E-state index contributed by atoms with van der Waals surface area (Å²) in [5, 5.41) is 15.5. The normalized spacial score (nSPS) is 17.2. The Hall–Kier alpha value is -3.43. The van der Waals surface area contributed by atoms with E-state index in [0.29, 0.717) is 17.9 Å². The van der Waals surface area contributed by atoms with Gasteiger partial charge in [0.2, 0.25) is 5.91 Å². The highest BCUT2D eigenvalue weighted by molar-refractivity contribution is 5.96. The number of aromatic nitrogens is 1. The van der Waals surface area contributed by atoms with Crippen molar-refractivity contribution in [2.75, 3.05) is 29.9 Å².